The Morgan fingerprint density at radius 2 is 2.25 bits per heavy atom. The third-order valence-corrected chi connectivity index (χ3v) is 3.64. The number of aromatic nitrogens is 2. The van der Waals surface area contributed by atoms with Crippen molar-refractivity contribution >= 4 is 0 Å². The molecule has 102 valence electrons. The second kappa shape index (κ2) is 5.06. The van der Waals surface area contributed by atoms with Crippen LogP contribution < -0.4 is 0 Å². The van der Waals surface area contributed by atoms with E-state index in [-0.39, 0.29) is 0 Å². The Labute approximate surface area is 117 Å². The van der Waals surface area contributed by atoms with Crippen molar-refractivity contribution in [2.45, 2.75) is 31.8 Å². The summed E-state index contributed by atoms with van der Waals surface area (Å²) in [6.45, 7) is 2.71. The molecule has 1 saturated heterocycles. The zero-order valence-electron chi connectivity index (χ0n) is 11.3. The molecular weight excluding hydrogens is 254 g/mol. The smallest absolute Gasteiger partial charge is 0.258 e. The van der Waals surface area contributed by atoms with Gasteiger partial charge in [0.05, 0.1) is 12.5 Å². The zero-order chi connectivity index (χ0) is 14.0. The van der Waals surface area contributed by atoms with Crippen LogP contribution in [0, 0.1) is 11.3 Å². The van der Waals surface area contributed by atoms with Crippen LogP contribution in [0.5, 0.6) is 0 Å². The molecule has 1 aliphatic rings. The molecule has 0 spiro atoms. The van der Waals surface area contributed by atoms with Gasteiger partial charge >= 0.3 is 0 Å². The second-order valence-electron chi connectivity index (χ2n) is 5.10. The van der Waals surface area contributed by atoms with E-state index in [1.807, 2.05) is 31.2 Å². The molecule has 0 bridgehead atoms. The molecule has 5 nitrogen and oxygen atoms in total. The monoisotopic (exact) mass is 269 g/mol. The van der Waals surface area contributed by atoms with Crippen molar-refractivity contribution in [3.8, 4) is 17.5 Å². The molecule has 20 heavy (non-hydrogen) atoms. The highest BCUT2D eigenvalue weighted by Crippen LogP contribution is 2.35. The van der Waals surface area contributed by atoms with Crippen molar-refractivity contribution in [2.24, 2.45) is 0 Å². The third kappa shape index (κ3) is 2.19. The van der Waals surface area contributed by atoms with E-state index in [0.29, 0.717) is 18.1 Å². The van der Waals surface area contributed by atoms with Crippen LogP contribution in [-0.2, 0) is 16.8 Å². The molecule has 1 unspecified atom stereocenters. The van der Waals surface area contributed by atoms with Crippen LogP contribution in [-0.4, -0.2) is 16.7 Å². The van der Waals surface area contributed by atoms with Gasteiger partial charge in [-0.05, 0) is 31.4 Å². The molecule has 1 aromatic heterocycles. The van der Waals surface area contributed by atoms with E-state index in [2.05, 4.69) is 16.2 Å². The Kier molecular flexibility index (Phi) is 3.25. The van der Waals surface area contributed by atoms with Crippen molar-refractivity contribution in [3.63, 3.8) is 0 Å². The quantitative estimate of drug-likeness (QED) is 0.856. The number of nitriles is 1. The van der Waals surface area contributed by atoms with Crippen molar-refractivity contribution in [1.29, 1.82) is 5.26 Å². The second-order valence-corrected chi connectivity index (χ2v) is 5.10. The average molecular weight is 269 g/mol. The molecule has 2 aromatic rings. The van der Waals surface area contributed by atoms with E-state index >= 15 is 0 Å². The summed E-state index contributed by atoms with van der Waals surface area (Å²) in [4.78, 5) is 4.46. The summed E-state index contributed by atoms with van der Waals surface area (Å²) < 4.78 is 11.1. The maximum Gasteiger partial charge on any atom is 0.258 e. The SMILES string of the molecule is CC1(c2noc(-c3ccccc3CC#N)n2)CCCO1. The van der Waals surface area contributed by atoms with E-state index < -0.39 is 5.60 Å². The first-order chi connectivity index (χ1) is 9.73. The summed E-state index contributed by atoms with van der Waals surface area (Å²) in [5.41, 5.74) is 1.25. The normalized spacial score (nSPS) is 21.8. The first-order valence-electron chi connectivity index (χ1n) is 6.66. The van der Waals surface area contributed by atoms with Crippen molar-refractivity contribution < 1.29 is 9.26 Å². The molecule has 0 saturated carbocycles. The van der Waals surface area contributed by atoms with Crippen molar-refractivity contribution in [1.82, 2.24) is 10.1 Å². The molecular formula is C15H15N3O2. The summed E-state index contributed by atoms with van der Waals surface area (Å²) >= 11 is 0. The maximum atomic E-state index is 8.87. The highest BCUT2D eigenvalue weighted by atomic mass is 16.5. The average Bonchev–Trinajstić information content (AvgIpc) is 3.09. The lowest BCUT2D eigenvalue weighted by atomic mass is 10.0. The van der Waals surface area contributed by atoms with E-state index in [9.17, 15) is 0 Å². The number of nitrogens with zero attached hydrogens (tertiary/aromatic N) is 3. The number of ether oxygens (including phenoxy) is 1. The van der Waals surface area contributed by atoms with Gasteiger partial charge in [0.25, 0.3) is 5.89 Å². The van der Waals surface area contributed by atoms with Crippen LogP contribution in [0.3, 0.4) is 0 Å². The highest BCUT2D eigenvalue weighted by Gasteiger charge is 2.36. The largest absolute Gasteiger partial charge is 0.367 e. The van der Waals surface area contributed by atoms with Gasteiger partial charge in [-0.3, -0.25) is 0 Å². The summed E-state index contributed by atoms with van der Waals surface area (Å²) in [6.07, 6.45) is 2.22. The van der Waals surface area contributed by atoms with Crippen LogP contribution in [0.2, 0.25) is 0 Å². The topological polar surface area (TPSA) is 71.9 Å². The summed E-state index contributed by atoms with van der Waals surface area (Å²) in [7, 11) is 0. The van der Waals surface area contributed by atoms with E-state index in [1.54, 1.807) is 0 Å². The molecule has 1 aliphatic heterocycles. The van der Waals surface area contributed by atoms with Gasteiger partial charge in [-0.25, -0.2) is 0 Å². The fourth-order valence-corrected chi connectivity index (χ4v) is 2.47. The Hall–Kier alpha value is -2.19. The van der Waals surface area contributed by atoms with Crippen LogP contribution in [0.1, 0.15) is 31.2 Å². The maximum absolute atomic E-state index is 8.87. The van der Waals surface area contributed by atoms with Crippen molar-refractivity contribution in [3.05, 3.63) is 35.7 Å². The summed E-state index contributed by atoms with van der Waals surface area (Å²) in [6, 6.07) is 9.73. The Morgan fingerprint density at radius 3 is 3.00 bits per heavy atom. The Bertz CT molecular complexity index is 651. The molecule has 1 atom stereocenters. The van der Waals surface area contributed by atoms with E-state index in [4.69, 9.17) is 14.5 Å². The lowest BCUT2D eigenvalue weighted by Crippen LogP contribution is -2.21. The predicted molar refractivity (Wildman–Crippen MR) is 71.6 cm³/mol. The van der Waals surface area contributed by atoms with E-state index in [1.165, 1.54) is 0 Å². The molecule has 0 amide bonds. The number of benzene rings is 1. The molecule has 5 heteroatoms. The zero-order valence-corrected chi connectivity index (χ0v) is 11.3. The Morgan fingerprint density at radius 1 is 1.40 bits per heavy atom. The minimum Gasteiger partial charge on any atom is -0.367 e. The molecule has 1 fully saturated rings. The van der Waals surface area contributed by atoms with Gasteiger partial charge in [-0.15, -0.1) is 0 Å². The fourth-order valence-electron chi connectivity index (χ4n) is 2.47. The first kappa shape index (κ1) is 12.8. The van der Waals surface area contributed by atoms with Gasteiger partial charge in [0, 0.05) is 12.2 Å². The molecule has 0 radical (unpaired) electrons. The van der Waals surface area contributed by atoms with Gasteiger partial charge in [0.15, 0.2) is 0 Å². The molecule has 3 rings (SSSR count). The van der Waals surface area contributed by atoms with Crippen molar-refractivity contribution in [2.75, 3.05) is 6.61 Å². The van der Waals surface area contributed by atoms with Gasteiger partial charge < -0.3 is 9.26 Å². The molecule has 2 heterocycles. The molecule has 1 aromatic carbocycles. The third-order valence-electron chi connectivity index (χ3n) is 3.64. The van der Waals surface area contributed by atoms with Gasteiger partial charge in [0.2, 0.25) is 5.82 Å². The van der Waals surface area contributed by atoms with Gasteiger partial charge in [-0.1, -0.05) is 23.4 Å². The minimum atomic E-state index is -0.452. The standard InChI is InChI=1S/C15H15N3O2/c1-15(8-4-10-19-15)14-17-13(20-18-14)12-6-3-2-5-11(12)7-9-16/h2-3,5-6H,4,7-8,10H2,1H3. The van der Waals surface area contributed by atoms with Gasteiger partial charge in [-0.2, -0.15) is 10.2 Å². The lowest BCUT2D eigenvalue weighted by molar-refractivity contribution is 0.00768. The summed E-state index contributed by atoms with van der Waals surface area (Å²) in [5, 5.41) is 12.9. The first-order valence-corrected chi connectivity index (χ1v) is 6.66. The minimum absolute atomic E-state index is 0.321. The lowest BCUT2D eigenvalue weighted by Gasteiger charge is -2.17. The number of hydrogen-bond acceptors (Lipinski definition) is 5. The van der Waals surface area contributed by atoms with Crippen LogP contribution >= 0.6 is 0 Å². The Balaban J connectivity index is 1.96. The summed E-state index contributed by atoms with van der Waals surface area (Å²) in [5.74, 6) is 1.03. The molecule has 0 N–H and O–H groups in total. The van der Waals surface area contributed by atoms with Gasteiger partial charge in [0.1, 0.15) is 5.60 Å². The number of rotatable bonds is 3. The van der Waals surface area contributed by atoms with Crippen LogP contribution in [0.25, 0.3) is 11.5 Å². The predicted octanol–water partition coefficient (Wildman–Crippen LogP) is 2.83. The van der Waals surface area contributed by atoms with E-state index in [0.717, 1.165) is 30.6 Å². The number of hydrogen-bond donors (Lipinski definition) is 0. The fraction of sp³-hybridized carbons (Fsp3) is 0.400. The molecule has 0 aliphatic carbocycles. The van der Waals surface area contributed by atoms with Crippen LogP contribution in [0.15, 0.2) is 28.8 Å². The highest BCUT2D eigenvalue weighted by molar-refractivity contribution is 5.59. The van der Waals surface area contributed by atoms with Crippen LogP contribution in [0.4, 0.5) is 0 Å².